The fourth-order valence-corrected chi connectivity index (χ4v) is 3.18. The average Bonchev–Trinajstić information content (AvgIpc) is 3.02. The number of thioether (sulfide) groups is 1. The number of carbonyl (C=O) groups excluding carboxylic acids is 1. The number of nitrogens with one attached hydrogen (secondary N) is 1. The van der Waals surface area contributed by atoms with Crippen LogP contribution in [-0.2, 0) is 11.2 Å². The van der Waals surface area contributed by atoms with E-state index < -0.39 is 0 Å². The summed E-state index contributed by atoms with van der Waals surface area (Å²) in [7, 11) is 1.66. The topological polar surface area (TPSA) is 69.0 Å². The highest BCUT2D eigenvalue weighted by atomic mass is 32.2. The number of amides is 1. The summed E-state index contributed by atoms with van der Waals surface area (Å²) >= 11 is 1.40. The van der Waals surface area contributed by atoms with Crippen LogP contribution >= 0.6 is 11.8 Å². The average molecular weight is 348 g/mol. The molecule has 1 amide bonds. The van der Waals surface area contributed by atoms with Gasteiger partial charge in [-0.05, 0) is 38.8 Å². The fourth-order valence-electron chi connectivity index (χ4n) is 2.31. The molecule has 1 aromatic heterocycles. The van der Waals surface area contributed by atoms with Crippen LogP contribution in [0.15, 0.2) is 29.7 Å². The molecule has 1 aromatic carbocycles. The number of ether oxygens (including phenoxy) is 1. The SMILES string of the molecule is COc1ccc(C)cc1CCNC(=O)CSc1nncn1C(C)C. The van der Waals surface area contributed by atoms with Gasteiger partial charge < -0.3 is 14.6 Å². The highest BCUT2D eigenvalue weighted by molar-refractivity contribution is 7.99. The van der Waals surface area contributed by atoms with Crippen LogP contribution in [0.4, 0.5) is 0 Å². The van der Waals surface area contributed by atoms with Crippen molar-refractivity contribution < 1.29 is 9.53 Å². The molecule has 1 heterocycles. The van der Waals surface area contributed by atoms with E-state index in [4.69, 9.17) is 4.74 Å². The molecule has 24 heavy (non-hydrogen) atoms. The number of benzene rings is 1. The van der Waals surface area contributed by atoms with E-state index in [0.717, 1.165) is 22.9 Å². The molecule has 0 aliphatic rings. The van der Waals surface area contributed by atoms with E-state index in [1.807, 2.05) is 23.6 Å². The van der Waals surface area contributed by atoms with Crippen molar-refractivity contribution in [3.05, 3.63) is 35.7 Å². The first kappa shape index (κ1) is 18.3. The summed E-state index contributed by atoms with van der Waals surface area (Å²) in [5.74, 6) is 1.18. The van der Waals surface area contributed by atoms with Crippen molar-refractivity contribution in [3.8, 4) is 5.75 Å². The van der Waals surface area contributed by atoms with Gasteiger partial charge in [0.1, 0.15) is 12.1 Å². The lowest BCUT2D eigenvalue weighted by Gasteiger charge is -2.11. The van der Waals surface area contributed by atoms with Crippen molar-refractivity contribution in [2.24, 2.45) is 0 Å². The molecule has 0 radical (unpaired) electrons. The molecule has 0 saturated heterocycles. The van der Waals surface area contributed by atoms with E-state index in [2.05, 4.69) is 35.4 Å². The van der Waals surface area contributed by atoms with E-state index in [1.165, 1.54) is 17.3 Å². The Morgan fingerprint density at radius 3 is 2.92 bits per heavy atom. The molecule has 2 rings (SSSR count). The van der Waals surface area contributed by atoms with Crippen LogP contribution in [0.3, 0.4) is 0 Å². The molecule has 0 bridgehead atoms. The van der Waals surface area contributed by atoms with Crippen LogP contribution in [0.5, 0.6) is 5.75 Å². The summed E-state index contributed by atoms with van der Waals surface area (Å²) in [6, 6.07) is 6.34. The summed E-state index contributed by atoms with van der Waals surface area (Å²) in [5, 5.41) is 11.7. The second-order valence-electron chi connectivity index (χ2n) is 5.82. The Labute approximate surface area is 147 Å². The second-order valence-corrected chi connectivity index (χ2v) is 6.76. The lowest BCUT2D eigenvalue weighted by Crippen LogP contribution is -2.27. The smallest absolute Gasteiger partial charge is 0.230 e. The molecule has 0 saturated carbocycles. The van der Waals surface area contributed by atoms with E-state index in [0.29, 0.717) is 12.3 Å². The van der Waals surface area contributed by atoms with E-state index >= 15 is 0 Å². The van der Waals surface area contributed by atoms with Gasteiger partial charge >= 0.3 is 0 Å². The van der Waals surface area contributed by atoms with Crippen LogP contribution in [0.2, 0.25) is 0 Å². The minimum Gasteiger partial charge on any atom is -0.496 e. The standard InChI is InChI=1S/C17H24N4O2S/c1-12(2)21-11-19-20-17(21)24-10-16(22)18-8-7-14-9-13(3)5-6-15(14)23-4/h5-6,9,11-12H,7-8,10H2,1-4H3,(H,18,22). The molecule has 0 aliphatic heterocycles. The van der Waals surface area contributed by atoms with Crippen molar-refractivity contribution in [2.45, 2.75) is 38.4 Å². The van der Waals surface area contributed by atoms with Crippen molar-refractivity contribution in [3.63, 3.8) is 0 Å². The first-order valence-corrected chi connectivity index (χ1v) is 8.92. The maximum Gasteiger partial charge on any atom is 0.230 e. The first-order chi connectivity index (χ1) is 11.5. The molecule has 130 valence electrons. The van der Waals surface area contributed by atoms with Gasteiger partial charge in [0.05, 0.1) is 12.9 Å². The zero-order valence-corrected chi connectivity index (χ0v) is 15.4. The van der Waals surface area contributed by atoms with Gasteiger partial charge in [-0.1, -0.05) is 29.5 Å². The summed E-state index contributed by atoms with van der Waals surface area (Å²) in [6.07, 6.45) is 2.43. The summed E-state index contributed by atoms with van der Waals surface area (Å²) < 4.78 is 7.31. The molecule has 0 fully saturated rings. The number of carbonyl (C=O) groups is 1. The molecular weight excluding hydrogens is 324 g/mol. The molecule has 7 heteroatoms. The lowest BCUT2D eigenvalue weighted by molar-refractivity contribution is -0.118. The first-order valence-electron chi connectivity index (χ1n) is 7.93. The van der Waals surface area contributed by atoms with Gasteiger partial charge in [-0.15, -0.1) is 10.2 Å². The van der Waals surface area contributed by atoms with Gasteiger partial charge in [0, 0.05) is 12.6 Å². The Bertz CT molecular complexity index is 685. The predicted molar refractivity (Wildman–Crippen MR) is 95.6 cm³/mol. The fraction of sp³-hybridized carbons (Fsp3) is 0.471. The highest BCUT2D eigenvalue weighted by Crippen LogP contribution is 2.20. The van der Waals surface area contributed by atoms with Crippen molar-refractivity contribution in [1.29, 1.82) is 0 Å². The van der Waals surface area contributed by atoms with Crippen molar-refractivity contribution >= 4 is 17.7 Å². The maximum atomic E-state index is 12.0. The molecule has 0 aliphatic carbocycles. The van der Waals surface area contributed by atoms with Gasteiger partial charge in [0.15, 0.2) is 5.16 Å². The molecule has 0 unspecified atom stereocenters. The summed E-state index contributed by atoms with van der Waals surface area (Å²) in [5.41, 5.74) is 2.28. The van der Waals surface area contributed by atoms with Crippen LogP contribution in [-0.4, -0.2) is 40.1 Å². The van der Waals surface area contributed by atoms with Crippen LogP contribution < -0.4 is 10.1 Å². The number of rotatable bonds is 8. The maximum absolute atomic E-state index is 12.0. The Balaban J connectivity index is 1.79. The molecular formula is C17H24N4O2S. The molecule has 1 N–H and O–H groups in total. The molecule has 2 aromatic rings. The minimum atomic E-state index is -0.00933. The third kappa shape index (κ3) is 4.99. The van der Waals surface area contributed by atoms with Crippen LogP contribution in [0.25, 0.3) is 0 Å². The number of aromatic nitrogens is 3. The normalized spacial score (nSPS) is 10.9. The lowest BCUT2D eigenvalue weighted by atomic mass is 10.1. The number of hydrogen-bond donors (Lipinski definition) is 1. The largest absolute Gasteiger partial charge is 0.496 e. The van der Waals surface area contributed by atoms with Gasteiger partial charge in [0.2, 0.25) is 5.91 Å². The van der Waals surface area contributed by atoms with E-state index in [1.54, 1.807) is 13.4 Å². The summed E-state index contributed by atoms with van der Waals surface area (Å²) in [4.78, 5) is 12.0. The minimum absolute atomic E-state index is 0.00933. The van der Waals surface area contributed by atoms with E-state index in [9.17, 15) is 4.79 Å². The van der Waals surface area contributed by atoms with E-state index in [-0.39, 0.29) is 11.9 Å². The Kier molecular flexibility index (Phi) is 6.66. The van der Waals surface area contributed by atoms with Gasteiger partial charge in [-0.3, -0.25) is 4.79 Å². The monoisotopic (exact) mass is 348 g/mol. The quantitative estimate of drug-likeness (QED) is 0.743. The molecule has 0 spiro atoms. The number of aryl methyl sites for hydroxylation is 1. The molecule has 0 atom stereocenters. The third-order valence-corrected chi connectivity index (χ3v) is 4.54. The van der Waals surface area contributed by atoms with Gasteiger partial charge in [-0.2, -0.15) is 0 Å². The second kappa shape index (κ2) is 8.73. The summed E-state index contributed by atoms with van der Waals surface area (Å²) in [6.45, 7) is 6.74. The van der Waals surface area contributed by atoms with Gasteiger partial charge in [0.25, 0.3) is 0 Å². The van der Waals surface area contributed by atoms with Crippen LogP contribution in [0.1, 0.15) is 31.0 Å². The Hall–Kier alpha value is -2.02. The third-order valence-electron chi connectivity index (χ3n) is 3.58. The number of nitrogens with zero attached hydrogens (tertiary/aromatic N) is 3. The zero-order chi connectivity index (χ0) is 17.5. The van der Waals surface area contributed by atoms with Crippen molar-refractivity contribution in [1.82, 2.24) is 20.1 Å². The number of hydrogen-bond acceptors (Lipinski definition) is 5. The Morgan fingerprint density at radius 2 is 2.21 bits per heavy atom. The number of methoxy groups -OCH3 is 1. The highest BCUT2D eigenvalue weighted by Gasteiger charge is 2.11. The molecule has 6 nitrogen and oxygen atoms in total. The van der Waals surface area contributed by atoms with Crippen LogP contribution in [0, 0.1) is 6.92 Å². The predicted octanol–water partition coefficient (Wildman–Crippen LogP) is 2.63. The zero-order valence-electron chi connectivity index (χ0n) is 14.6. The van der Waals surface area contributed by atoms with Crippen molar-refractivity contribution in [2.75, 3.05) is 19.4 Å². The Morgan fingerprint density at radius 1 is 1.42 bits per heavy atom. The van der Waals surface area contributed by atoms with Gasteiger partial charge in [-0.25, -0.2) is 0 Å².